The van der Waals surface area contributed by atoms with Gasteiger partial charge in [0.15, 0.2) is 0 Å². The van der Waals surface area contributed by atoms with Gasteiger partial charge in [-0.25, -0.2) is 0 Å². The second-order valence-electron chi connectivity index (χ2n) is 11.8. The zero-order valence-corrected chi connectivity index (χ0v) is 24.5. The minimum Gasteiger partial charge on any atom is -0.356 e. The Hall–Kier alpha value is -2.16. The molecule has 0 rings (SSSR count). The highest BCUT2D eigenvalue weighted by molar-refractivity contribution is 5.85. The smallest absolute Gasteiger partial charge is 0.225 e. The molecule has 36 heavy (non-hydrogen) atoms. The third-order valence-corrected chi connectivity index (χ3v) is 6.33. The van der Waals surface area contributed by atoms with E-state index in [9.17, 15) is 19.2 Å². The van der Waals surface area contributed by atoms with Crippen molar-refractivity contribution in [3.8, 4) is 0 Å². The van der Waals surface area contributed by atoms with Crippen molar-refractivity contribution < 1.29 is 19.2 Å². The normalized spacial score (nSPS) is 14.5. The van der Waals surface area contributed by atoms with Crippen molar-refractivity contribution in [2.75, 3.05) is 33.9 Å². The summed E-state index contributed by atoms with van der Waals surface area (Å²) in [5.41, 5.74) is -1.19. The number of nitrogens with one attached hydrogen (secondary N) is 4. The molecule has 0 aromatic carbocycles. The molecule has 3 atom stereocenters. The van der Waals surface area contributed by atoms with Gasteiger partial charge < -0.3 is 26.2 Å². The van der Waals surface area contributed by atoms with E-state index in [2.05, 4.69) is 26.2 Å². The van der Waals surface area contributed by atoms with E-state index in [1.165, 1.54) is 0 Å². The van der Waals surface area contributed by atoms with E-state index in [0.29, 0.717) is 25.8 Å². The lowest BCUT2D eigenvalue weighted by molar-refractivity contribution is -0.133. The van der Waals surface area contributed by atoms with E-state index in [1.54, 1.807) is 0 Å². The summed E-state index contributed by atoms with van der Waals surface area (Å²) < 4.78 is 0. The van der Waals surface area contributed by atoms with Gasteiger partial charge in [0.25, 0.3) is 0 Å². The van der Waals surface area contributed by atoms with Crippen LogP contribution in [0.3, 0.4) is 0 Å². The topological polar surface area (TPSA) is 120 Å². The molecule has 3 unspecified atom stereocenters. The van der Waals surface area contributed by atoms with Crippen LogP contribution < -0.4 is 21.3 Å². The number of nitrogens with zero attached hydrogens (tertiary/aromatic N) is 1. The first kappa shape index (κ1) is 33.8. The van der Waals surface area contributed by atoms with Gasteiger partial charge in [0.1, 0.15) is 0 Å². The summed E-state index contributed by atoms with van der Waals surface area (Å²) >= 11 is 0. The highest BCUT2D eigenvalue weighted by Crippen LogP contribution is 2.31. The van der Waals surface area contributed by atoms with Crippen LogP contribution in [0, 0.1) is 23.2 Å². The van der Waals surface area contributed by atoms with Gasteiger partial charge in [-0.3, -0.25) is 19.2 Å². The van der Waals surface area contributed by atoms with Crippen LogP contribution in [0.4, 0.5) is 0 Å². The van der Waals surface area contributed by atoms with E-state index < -0.39 is 11.3 Å². The molecule has 0 saturated carbocycles. The summed E-state index contributed by atoms with van der Waals surface area (Å²) in [5, 5.41) is 11.5. The van der Waals surface area contributed by atoms with Gasteiger partial charge in [0.05, 0.1) is 6.67 Å². The lowest BCUT2D eigenvalue weighted by Crippen LogP contribution is -2.47. The molecule has 0 aliphatic carbocycles. The molecule has 4 amide bonds. The number of rotatable bonds is 16. The predicted octanol–water partition coefficient (Wildman–Crippen LogP) is 2.65. The first-order valence-electron chi connectivity index (χ1n) is 13.3. The monoisotopic (exact) mass is 511 g/mol. The minimum absolute atomic E-state index is 0.0145. The number of carbonyl (C=O) groups is 4. The Labute approximate surface area is 219 Å². The van der Waals surface area contributed by atoms with Crippen molar-refractivity contribution in [1.29, 1.82) is 0 Å². The number of hydrogen-bond donors (Lipinski definition) is 4. The Kier molecular flexibility index (Phi) is 14.9. The Morgan fingerprint density at radius 2 is 1.39 bits per heavy atom. The highest BCUT2D eigenvalue weighted by atomic mass is 16.2. The van der Waals surface area contributed by atoms with Crippen LogP contribution in [0.5, 0.6) is 0 Å². The van der Waals surface area contributed by atoms with Crippen LogP contribution in [0.15, 0.2) is 0 Å². The fourth-order valence-electron chi connectivity index (χ4n) is 3.82. The summed E-state index contributed by atoms with van der Waals surface area (Å²) in [7, 11) is 3.97. The SMILES string of the molecule is CCC(C)C(=O)NCNC(=O)C(CC(CC)C(=O)NC(C)(C)C)CC(C)(C)C(=O)NCCCN(C)C. The van der Waals surface area contributed by atoms with Crippen LogP contribution >= 0.6 is 0 Å². The summed E-state index contributed by atoms with van der Waals surface area (Å²) in [4.78, 5) is 53.2. The number of amides is 4. The van der Waals surface area contributed by atoms with Crippen LogP contribution in [0.1, 0.15) is 87.5 Å². The van der Waals surface area contributed by atoms with Gasteiger partial charge in [-0.2, -0.15) is 0 Å². The summed E-state index contributed by atoms with van der Waals surface area (Å²) in [6.45, 7) is 16.6. The molecular formula is C27H53N5O4. The maximum Gasteiger partial charge on any atom is 0.225 e. The lowest BCUT2D eigenvalue weighted by Gasteiger charge is -2.31. The van der Waals surface area contributed by atoms with Crippen LogP contribution in [-0.4, -0.2) is 67.9 Å². The first-order valence-corrected chi connectivity index (χ1v) is 13.3. The molecule has 0 aromatic rings. The molecule has 0 heterocycles. The molecule has 0 saturated heterocycles. The largest absolute Gasteiger partial charge is 0.356 e. The molecule has 9 heteroatoms. The molecule has 0 radical (unpaired) electrons. The number of carbonyl (C=O) groups excluding carboxylic acids is 4. The van der Waals surface area contributed by atoms with Gasteiger partial charge in [-0.05, 0) is 73.5 Å². The molecule has 4 N–H and O–H groups in total. The third kappa shape index (κ3) is 13.8. The van der Waals surface area contributed by atoms with Gasteiger partial charge in [-0.1, -0.05) is 34.6 Å². The Morgan fingerprint density at radius 3 is 1.89 bits per heavy atom. The van der Waals surface area contributed by atoms with Gasteiger partial charge in [-0.15, -0.1) is 0 Å². The molecule has 0 aliphatic heterocycles. The zero-order valence-electron chi connectivity index (χ0n) is 24.5. The number of hydrogen-bond acceptors (Lipinski definition) is 5. The van der Waals surface area contributed by atoms with E-state index in [-0.39, 0.29) is 54.1 Å². The molecule has 0 aromatic heterocycles. The fourth-order valence-corrected chi connectivity index (χ4v) is 3.82. The van der Waals surface area contributed by atoms with Crippen LogP contribution in [0.25, 0.3) is 0 Å². The molecule has 0 spiro atoms. The highest BCUT2D eigenvalue weighted by Gasteiger charge is 2.36. The average molecular weight is 512 g/mol. The molecule has 0 bridgehead atoms. The van der Waals surface area contributed by atoms with Crippen molar-refractivity contribution in [1.82, 2.24) is 26.2 Å². The maximum atomic E-state index is 13.2. The molecular weight excluding hydrogens is 458 g/mol. The molecule has 210 valence electrons. The zero-order chi connectivity index (χ0) is 28.1. The quantitative estimate of drug-likeness (QED) is 0.188. The molecule has 9 nitrogen and oxygen atoms in total. The second kappa shape index (κ2) is 15.8. The Balaban J connectivity index is 5.46. The van der Waals surface area contributed by atoms with Crippen molar-refractivity contribution in [2.24, 2.45) is 23.2 Å². The van der Waals surface area contributed by atoms with Crippen molar-refractivity contribution in [2.45, 2.75) is 93.0 Å². The summed E-state index contributed by atoms with van der Waals surface area (Å²) in [6, 6.07) is 0. The molecule has 0 aliphatic rings. The fraction of sp³-hybridized carbons (Fsp3) is 0.852. The summed E-state index contributed by atoms with van der Waals surface area (Å²) in [5.74, 6) is -1.68. The van der Waals surface area contributed by atoms with Crippen molar-refractivity contribution in [3.05, 3.63) is 0 Å². The van der Waals surface area contributed by atoms with Gasteiger partial charge in [0.2, 0.25) is 23.6 Å². The predicted molar refractivity (Wildman–Crippen MR) is 145 cm³/mol. The standard InChI is InChI=1S/C27H53N5O4/c1-11-19(3)22(33)29-18-30-23(34)21(16-20(12-2)24(35)31-26(4,5)6)17-27(7,8)25(36)28-14-13-15-32(9)10/h19-21H,11-18H2,1-10H3,(H,28,36)(H,29,33)(H,30,34)(H,31,35). The van der Waals surface area contributed by atoms with Crippen LogP contribution in [0.2, 0.25) is 0 Å². The maximum absolute atomic E-state index is 13.2. The van der Waals surface area contributed by atoms with Crippen molar-refractivity contribution in [3.63, 3.8) is 0 Å². The second-order valence-corrected chi connectivity index (χ2v) is 11.8. The van der Waals surface area contributed by atoms with E-state index in [1.807, 2.05) is 69.5 Å². The minimum atomic E-state index is -0.807. The molecule has 0 fully saturated rings. The first-order chi connectivity index (χ1) is 16.5. The van der Waals surface area contributed by atoms with Gasteiger partial charge >= 0.3 is 0 Å². The Morgan fingerprint density at radius 1 is 0.806 bits per heavy atom. The van der Waals surface area contributed by atoms with E-state index >= 15 is 0 Å². The van der Waals surface area contributed by atoms with E-state index in [0.717, 1.165) is 13.0 Å². The average Bonchev–Trinajstić information content (AvgIpc) is 2.76. The summed E-state index contributed by atoms with van der Waals surface area (Å²) in [6.07, 6.45) is 2.73. The van der Waals surface area contributed by atoms with Crippen LogP contribution in [-0.2, 0) is 19.2 Å². The van der Waals surface area contributed by atoms with Gasteiger partial charge in [0, 0.05) is 35.3 Å². The lowest BCUT2D eigenvalue weighted by atomic mass is 9.77. The third-order valence-electron chi connectivity index (χ3n) is 6.33. The van der Waals surface area contributed by atoms with E-state index in [4.69, 9.17) is 0 Å². The Bertz CT molecular complexity index is 715. The van der Waals surface area contributed by atoms with Crippen molar-refractivity contribution >= 4 is 23.6 Å².